The predicted molar refractivity (Wildman–Crippen MR) is 232 cm³/mol. The highest BCUT2D eigenvalue weighted by molar-refractivity contribution is 7.10. The van der Waals surface area contributed by atoms with E-state index in [1.54, 1.807) is 12.1 Å². The van der Waals surface area contributed by atoms with E-state index in [-0.39, 0.29) is 59.7 Å². The van der Waals surface area contributed by atoms with E-state index in [0.717, 1.165) is 75.6 Å². The zero-order chi connectivity index (χ0) is 42.7. The lowest BCUT2D eigenvalue weighted by Gasteiger charge is -2.58. The molecule has 2 spiro atoms. The van der Waals surface area contributed by atoms with Gasteiger partial charge in [0.1, 0.15) is 16.6 Å². The number of aromatic nitrogens is 3. The number of likely N-dealkylation sites (tertiary alicyclic amines) is 1. The molecule has 0 unspecified atom stereocenters. The van der Waals surface area contributed by atoms with Crippen molar-refractivity contribution in [2.75, 3.05) is 59.8 Å². The van der Waals surface area contributed by atoms with E-state index < -0.39 is 23.0 Å². The Morgan fingerprint density at radius 3 is 2.56 bits per heavy atom. The van der Waals surface area contributed by atoms with Crippen LogP contribution in [0.4, 0.5) is 0 Å². The number of ether oxygens (including phenoxy) is 4. The number of amides is 2. The second-order valence-electron chi connectivity index (χ2n) is 20.3. The normalized spacial score (nSPS) is 30.9. The maximum atomic E-state index is 15.1. The summed E-state index contributed by atoms with van der Waals surface area (Å²) in [5.74, 6) is -0.463. The van der Waals surface area contributed by atoms with Crippen molar-refractivity contribution in [3.63, 3.8) is 0 Å². The van der Waals surface area contributed by atoms with Gasteiger partial charge < -0.3 is 28.8 Å². The number of methoxy groups -OCH3 is 1. The molecular formula is C47H57N7O7S. The van der Waals surface area contributed by atoms with Crippen LogP contribution in [0.2, 0.25) is 0 Å². The van der Waals surface area contributed by atoms with Gasteiger partial charge in [-0.1, -0.05) is 26.8 Å². The van der Waals surface area contributed by atoms with Crippen LogP contribution in [0, 0.1) is 28.6 Å². The Bertz CT molecular complexity index is 2440. The largest absolute Gasteiger partial charge is 0.464 e. The Labute approximate surface area is 366 Å². The molecule has 2 saturated carbocycles. The van der Waals surface area contributed by atoms with Crippen LogP contribution in [-0.4, -0.2) is 114 Å². The van der Waals surface area contributed by atoms with Crippen molar-refractivity contribution in [2.45, 2.75) is 89.6 Å². The number of thiazole rings is 1. The lowest BCUT2D eigenvalue weighted by molar-refractivity contribution is -0.204. The third kappa shape index (κ3) is 6.55. The summed E-state index contributed by atoms with van der Waals surface area (Å²) in [4.78, 5) is 56.2. The number of hydrogen-bond donors (Lipinski definition) is 2. The van der Waals surface area contributed by atoms with Crippen LogP contribution in [0.25, 0.3) is 33.4 Å². The van der Waals surface area contributed by atoms with Crippen molar-refractivity contribution in [3.05, 3.63) is 58.2 Å². The van der Waals surface area contributed by atoms with Crippen LogP contribution in [0.1, 0.15) is 87.8 Å². The van der Waals surface area contributed by atoms with Gasteiger partial charge in [0.05, 0.1) is 68.3 Å². The summed E-state index contributed by atoms with van der Waals surface area (Å²) in [5, 5.41) is 8.86. The van der Waals surface area contributed by atoms with Crippen LogP contribution < -0.4 is 10.7 Å². The van der Waals surface area contributed by atoms with Gasteiger partial charge in [0, 0.05) is 77.1 Å². The van der Waals surface area contributed by atoms with Crippen molar-refractivity contribution in [3.8, 4) is 22.5 Å². The minimum absolute atomic E-state index is 0.0474. The monoisotopic (exact) mass is 863 g/mol. The first-order valence-corrected chi connectivity index (χ1v) is 23.3. The van der Waals surface area contributed by atoms with Crippen molar-refractivity contribution < 1.29 is 33.3 Å². The third-order valence-corrected chi connectivity index (χ3v) is 16.0. The van der Waals surface area contributed by atoms with Gasteiger partial charge in [0.25, 0.3) is 5.91 Å². The number of nitrogens with zero attached hydrogens (tertiary/aromatic N) is 5. The summed E-state index contributed by atoms with van der Waals surface area (Å²) in [5.41, 5.74) is 8.85. The maximum absolute atomic E-state index is 15.1. The zero-order valence-electron chi connectivity index (χ0n) is 36.3. The molecule has 1 aromatic carbocycles. The number of carbonyl (C=O) groups excluding carboxylic acids is 3. The fraction of sp³-hybridized carbons (Fsp3) is 0.596. The Balaban J connectivity index is 1.08. The van der Waals surface area contributed by atoms with E-state index >= 15 is 4.79 Å². The summed E-state index contributed by atoms with van der Waals surface area (Å²) in [6.07, 6.45) is 5.13. The molecule has 3 aromatic heterocycles. The first-order valence-electron chi connectivity index (χ1n) is 22.4. The highest BCUT2D eigenvalue weighted by Crippen LogP contribution is 2.49. The molecule has 12 rings (SSSR count). The predicted octanol–water partition coefficient (Wildman–Crippen LogP) is 5.63. The van der Waals surface area contributed by atoms with Crippen LogP contribution in [-0.2, 0) is 39.8 Å². The Morgan fingerprint density at radius 1 is 1.08 bits per heavy atom. The molecule has 8 aliphatic rings. The highest BCUT2D eigenvalue weighted by Gasteiger charge is 2.59. The number of carbonyl (C=O) groups is 3. The SMILES string of the molecule is CO[C@@H](C)c1ncccc1-c1c2c3cc(ccc3n1C1COC1)-c1csc(n1)[C@@H](N1CC3(COC3)C1)[C@H](NC(=O)[C@H]1CC[C@@H]1C)C(=O)N1CC3CC(C3)(N1)C(=O)OCC(C)(C)C2. The first-order chi connectivity index (χ1) is 29.8. The van der Waals surface area contributed by atoms with Crippen LogP contribution >= 0.6 is 11.3 Å². The molecule has 9 heterocycles. The van der Waals surface area contributed by atoms with Crippen LogP contribution in [0.3, 0.4) is 0 Å². The second-order valence-corrected chi connectivity index (χ2v) is 21.2. The van der Waals surface area contributed by atoms with E-state index in [9.17, 15) is 9.59 Å². The Hall–Kier alpha value is -4.25. The second kappa shape index (κ2) is 14.9. The minimum Gasteiger partial charge on any atom is -0.464 e. The maximum Gasteiger partial charge on any atom is 0.328 e. The van der Waals surface area contributed by atoms with Crippen molar-refractivity contribution >= 4 is 40.0 Å². The average Bonchev–Trinajstić information content (AvgIpc) is 3.80. The van der Waals surface area contributed by atoms with Gasteiger partial charge >= 0.3 is 5.97 Å². The third-order valence-electron chi connectivity index (χ3n) is 15.1. The summed E-state index contributed by atoms with van der Waals surface area (Å²) in [6.45, 7) is 13.1. The fourth-order valence-electron chi connectivity index (χ4n) is 11.2. The highest BCUT2D eigenvalue weighted by atomic mass is 32.1. The molecule has 0 radical (unpaired) electrons. The molecule has 5 saturated heterocycles. The van der Waals surface area contributed by atoms with Gasteiger partial charge in [-0.2, -0.15) is 0 Å². The number of rotatable bonds is 7. The molecule has 14 nitrogen and oxygen atoms in total. The van der Waals surface area contributed by atoms with Crippen LogP contribution in [0.15, 0.2) is 41.9 Å². The van der Waals surface area contributed by atoms with Crippen molar-refractivity contribution in [2.24, 2.45) is 28.6 Å². The van der Waals surface area contributed by atoms with Gasteiger partial charge in [0.2, 0.25) is 5.91 Å². The lowest BCUT2D eigenvalue weighted by Crippen LogP contribution is -2.76. The summed E-state index contributed by atoms with van der Waals surface area (Å²) >= 11 is 1.53. The molecule has 7 fully saturated rings. The quantitative estimate of drug-likeness (QED) is 0.223. The first kappa shape index (κ1) is 40.5. The number of benzene rings is 1. The Kier molecular flexibility index (Phi) is 9.75. The molecule has 15 heteroatoms. The van der Waals surface area contributed by atoms with Gasteiger partial charge in [-0.15, -0.1) is 11.3 Å². The van der Waals surface area contributed by atoms with Gasteiger partial charge in [-0.3, -0.25) is 24.5 Å². The van der Waals surface area contributed by atoms with E-state index in [0.29, 0.717) is 52.2 Å². The standard InChI is InChI=1S/C47H57N7O7S/c1-26-8-10-31(26)41(55)50-38-40(52-21-46(22-52)24-60-25-46)42-49-35(20-62-42)29-9-11-36-33(13-29)34(39(54(36)30-18-59-19-30)32-7-6-12-48-37(32)27(2)58-5)16-45(3,4)23-61-44(57)47-14-28(15-47)17-53(51-47)43(38)56/h6-7,9,11-13,20,26-28,30-31,38,40,51H,8,10,14-19,21-25H2,1-5H3,(H,50,55)/t26-,27-,28?,31-,38-,40-,47?/m0/s1. The summed E-state index contributed by atoms with van der Waals surface area (Å²) < 4.78 is 26.2. The van der Waals surface area contributed by atoms with E-state index in [1.165, 1.54) is 11.3 Å². The van der Waals surface area contributed by atoms with Crippen LogP contribution in [0.5, 0.6) is 0 Å². The molecule has 2 aliphatic carbocycles. The molecule has 4 aromatic rings. The summed E-state index contributed by atoms with van der Waals surface area (Å²) in [6, 6.07) is 9.37. The van der Waals surface area contributed by atoms with Gasteiger partial charge in [0.15, 0.2) is 0 Å². The number of fused-ring (bicyclic) bond motifs is 4. The minimum atomic E-state index is -1.02. The molecule has 7 bridgehead atoms. The van der Waals surface area contributed by atoms with Gasteiger partial charge in [-0.25, -0.2) is 15.2 Å². The fourth-order valence-corrected chi connectivity index (χ4v) is 12.2. The van der Waals surface area contributed by atoms with Crippen molar-refractivity contribution in [1.82, 2.24) is 35.2 Å². The number of nitrogens with one attached hydrogen (secondary N) is 2. The molecule has 5 atom stereocenters. The topological polar surface area (TPSA) is 149 Å². The number of pyridine rings is 1. The zero-order valence-corrected chi connectivity index (χ0v) is 37.1. The van der Waals surface area contributed by atoms with E-state index in [4.69, 9.17) is 28.9 Å². The molecule has 328 valence electrons. The van der Waals surface area contributed by atoms with E-state index in [1.807, 2.05) is 19.2 Å². The molecule has 2 amide bonds. The molecular weight excluding hydrogens is 807 g/mol. The van der Waals surface area contributed by atoms with Gasteiger partial charge in [-0.05, 0) is 80.7 Å². The number of cyclic esters (lactones) is 1. The van der Waals surface area contributed by atoms with Crippen molar-refractivity contribution in [1.29, 1.82) is 0 Å². The summed E-state index contributed by atoms with van der Waals surface area (Å²) in [7, 11) is 1.71. The average molecular weight is 864 g/mol. The van der Waals surface area contributed by atoms with E-state index in [2.05, 4.69) is 70.6 Å². The Morgan fingerprint density at radius 2 is 1.89 bits per heavy atom. The number of hydrogen-bond acceptors (Lipinski definition) is 12. The molecule has 2 N–H and O–H groups in total. The molecule has 6 aliphatic heterocycles. The smallest absolute Gasteiger partial charge is 0.328 e. The number of esters is 1. The lowest BCUT2D eigenvalue weighted by atomic mass is 9.66. The number of hydrazine groups is 1. The molecule has 62 heavy (non-hydrogen) atoms.